The van der Waals surface area contributed by atoms with Crippen molar-refractivity contribution >= 4 is 0 Å². The molecule has 0 aliphatic heterocycles. The fraction of sp³-hybridized carbons (Fsp3) is 0.385. The summed E-state index contributed by atoms with van der Waals surface area (Å²) < 4.78 is 7.41. The second-order valence-corrected chi connectivity index (χ2v) is 4.01. The van der Waals surface area contributed by atoms with Crippen LogP contribution in [0.25, 0.3) is 5.69 Å². The minimum Gasteiger partial charge on any atom is -0.458 e. The van der Waals surface area contributed by atoms with Crippen molar-refractivity contribution in [3.8, 4) is 11.7 Å². The highest BCUT2D eigenvalue weighted by Crippen LogP contribution is 2.10. The van der Waals surface area contributed by atoms with Gasteiger partial charge in [0.25, 0.3) is 0 Å². The fourth-order valence-corrected chi connectivity index (χ4v) is 1.65. The van der Waals surface area contributed by atoms with Crippen molar-refractivity contribution in [2.24, 2.45) is 0 Å². The summed E-state index contributed by atoms with van der Waals surface area (Å²) in [6.45, 7) is 2.87. The third-order valence-corrected chi connectivity index (χ3v) is 2.65. The molecule has 1 aromatic heterocycles. The summed E-state index contributed by atoms with van der Waals surface area (Å²) in [5, 5.41) is 7.40. The normalized spacial score (nSPS) is 12.3. The van der Waals surface area contributed by atoms with Gasteiger partial charge in [0, 0.05) is 6.54 Å². The molecule has 2 rings (SSSR count). The smallest absolute Gasteiger partial charge is 0.336 e. The van der Waals surface area contributed by atoms with Gasteiger partial charge in [-0.25, -0.2) is 4.68 Å². The van der Waals surface area contributed by atoms with Gasteiger partial charge in [0.15, 0.2) is 0 Å². The first kappa shape index (κ1) is 12.6. The van der Waals surface area contributed by atoms with E-state index in [2.05, 4.69) is 22.3 Å². The van der Waals surface area contributed by atoms with Gasteiger partial charge < -0.3 is 10.1 Å². The Morgan fingerprint density at radius 3 is 2.78 bits per heavy atom. The molecule has 0 saturated heterocycles. The van der Waals surface area contributed by atoms with Gasteiger partial charge in [0.1, 0.15) is 12.4 Å². The second kappa shape index (κ2) is 6.16. The number of ether oxygens (including phenoxy) is 1. The summed E-state index contributed by atoms with van der Waals surface area (Å²) in [5.41, 5.74) is 0.974. The second-order valence-electron chi connectivity index (χ2n) is 4.01. The third kappa shape index (κ3) is 3.07. The predicted octanol–water partition coefficient (Wildman–Crippen LogP) is 1.64. The Kier molecular flexibility index (Phi) is 4.30. The Balaban J connectivity index is 2.06. The highest BCUT2D eigenvalue weighted by atomic mass is 16.5. The van der Waals surface area contributed by atoms with Crippen molar-refractivity contribution in [3.05, 3.63) is 36.7 Å². The van der Waals surface area contributed by atoms with Crippen LogP contribution in [0.1, 0.15) is 13.3 Å². The van der Waals surface area contributed by atoms with Crippen LogP contribution >= 0.6 is 0 Å². The van der Waals surface area contributed by atoms with Crippen LogP contribution in [-0.2, 0) is 0 Å². The number of benzene rings is 1. The highest BCUT2D eigenvalue weighted by molar-refractivity contribution is 5.29. The lowest BCUT2D eigenvalue weighted by Crippen LogP contribution is -2.28. The Morgan fingerprint density at radius 1 is 1.33 bits per heavy atom. The molecular formula is C13H18N4O. The number of nitrogens with one attached hydrogen (secondary N) is 1. The summed E-state index contributed by atoms with van der Waals surface area (Å²) in [7, 11) is 1.90. The number of likely N-dealkylation sites (N-methyl/N-ethyl adjacent to an activating group) is 1. The van der Waals surface area contributed by atoms with E-state index in [0.717, 1.165) is 18.7 Å². The molecule has 1 atom stereocenters. The molecule has 18 heavy (non-hydrogen) atoms. The molecule has 0 bridgehead atoms. The Hall–Kier alpha value is -1.88. The fourth-order valence-electron chi connectivity index (χ4n) is 1.65. The third-order valence-electron chi connectivity index (χ3n) is 2.65. The van der Waals surface area contributed by atoms with Crippen LogP contribution in [-0.4, -0.2) is 34.5 Å². The molecule has 1 N–H and O–H groups in total. The number of nitrogens with zero attached hydrogens (tertiary/aromatic N) is 3. The van der Waals surface area contributed by atoms with E-state index in [0.29, 0.717) is 6.01 Å². The van der Waals surface area contributed by atoms with E-state index in [9.17, 15) is 0 Å². The number of para-hydroxylation sites is 1. The maximum Gasteiger partial charge on any atom is 0.336 e. The maximum atomic E-state index is 5.70. The molecular weight excluding hydrogens is 228 g/mol. The van der Waals surface area contributed by atoms with E-state index in [4.69, 9.17) is 4.74 Å². The number of hydrogen-bond donors (Lipinski definition) is 1. The van der Waals surface area contributed by atoms with Gasteiger partial charge in [0.2, 0.25) is 0 Å². The molecule has 5 nitrogen and oxygen atoms in total. The first-order valence-electron chi connectivity index (χ1n) is 6.11. The van der Waals surface area contributed by atoms with Gasteiger partial charge in [-0.2, -0.15) is 4.98 Å². The molecule has 0 fully saturated rings. The Bertz CT molecular complexity index is 469. The number of hydrogen-bond acceptors (Lipinski definition) is 4. The molecule has 1 unspecified atom stereocenters. The van der Waals surface area contributed by atoms with Gasteiger partial charge >= 0.3 is 6.01 Å². The standard InChI is InChI=1S/C13H18N4O/c1-3-12(9-14-2)18-13-15-10-17(16-13)11-7-5-4-6-8-11/h4-8,10,12,14H,3,9H2,1-2H3. The maximum absolute atomic E-state index is 5.70. The zero-order chi connectivity index (χ0) is 12.8. The zero-order valence-corrected chi connectivity index (χ0v) is 10.7. The first-order chi connectivity index (χ1) is 8.83. The van der Waals surface area contributed by atoms with Crippen LogP contribution in [0.2, 0.25) is 0 Å². The molecule has 0 aliphatic carbocycles. The molecule has 0 aliphatic rings. The SMILES string of the molecule is CCC(CNC)Oc1ncn(-c2ccccc2)n1. The van der Waals surface area contributed by atoms with Gasteiger partial charge in [-0.3, -0.25) is 0 Å². The van der Waals surface area contributed by atoms with Crippen molar-refractivity contribution < 1.29 is 4.74 Å². The Labute approximate surface area is 107 Å². The van der Waals surface area contributed by atoms with E-state index in [-0.39, 0.29) is 6.10 Å². The predicted molar refractivity (Wildman–Crippen MR) is 70.0 cm³/mol. The molecule has 0 amide bonds. The zero-order valence-electron chi connectivity index (χ0n) is 10.7. The summed E-state index contributed by atoms with van der Waals surface area (Å²) >= 11 is 0. The van der Waals surface area contributed by atoms with Crippen molar-refractivity contribution in [2.45, 2.75) is 19.4 Å². The van der Waals surface area contributed by atoms with Crippen molar-refractivity contribution in [1.82, 2.24) is 20.1 Å². The number of rotatable bonds is 6. The average Bonchev–Trinajstić information content (AvgIpc) is 2.88. The minimum absolute atomic E-state index is 0.0987. The Morgan fingerprint density at radius 2 is 2.11 bits per heavy atom. The van der Waals surface area contributed by atoms with E-state index in [1.807, 2.05) is 37.4 Å². The first-order valence-corrected chi connectivity index (χ1v) is 6.11. The van der Waals surface area contributed by atoms with E-state index in [1.54, 1.807) is 11.0 Å². The van der Waals surface area contributed by atoms with Crippen molar-refractivity contribution in [2.75, 3.05) is 13.6 Å². The van der Waals surface area contributed by atoms with Gasteiger partial charge in [-0.1, -0.05) is 25.1 Å². The monoisotopic (exact) mass is 246 g/mol. The minimum atomic E-state index is 0.0987. The molecule has 1 heterocycles. The molecule has 0 spiro atoms. The molecule has 96 valence electrons. The largest absolute Gasteiger partial charge is 0.458 e. The molecule has 2 aromatic rings. The molecule has 5 heteroatoms. The van der Waals surface area contributed by atoms with Gasteiger partial charge in [0.05, 0.1) is 5.69 Å². The lowest BCUT2D eigenvalue weighted by molar-refractivity contribution is 0.180. The summed E-state index contributed by atoms with van der Waals surface area (Å²) in [4.78, 5) is 4.16. The van der Waals surface area contributed by atoms with Gasteiger partial charge in [-0.05, 0) is 25.6 Å². The van der Waals surface area contributed by atoms with Crippen LogP contribution in [0.5, 0.6) is 6.01 Å². The van der Waals surface area contributed by atoms with Crippen LogP contribution in [0.4, 0.5) is 0 Å². The van der Waals surface area contributed by atoms with Crippen LogP contribution in [0.15, 0.2) is 36.7 Å². The summed E-state index contributed by atoms with van der Waals surface area (Å²) in [6.07, 6.45) is 2.68. The summed E-state index contributed by atoms with van der Waals surface area (Å²) in [5.74, 6) is 0. The van der Waals surface area contributed by atoms with E-state index in [1.165, 1.54) is 0 Å². The lowest BCUT2D eigenvalue weighted by atomic mass is 10.3. The summed E-state index contributed by atoms with van der Waals surface area (Å²) in [6, 6.07) is 10.3. The van der Waals surface area contributed by atoms with Crippen LogP contribution in [0.3, 0.4) is 0 Å². The van der Waals surface area contributed by atoms with E-state index >= 15 is 0 Å². The van der Waals surface area contributed by atoms with Crippen LogP contribution < -0.4 is 10.1 Å². The van der Waals surface area contributed by atoms with E-state index < -0.39 is 0 Å². The average molecular weight is 246 g/mol. The highest BCUT2D eigenvalue weighted by Gasteiger charge is 2.10. The number of aromatic nitrogens is 3. The molecule has 0 saturated carbocycles. The molecule has 1 aromatic carbocycles. The topological polar surface area (TPSA) is 52.0 Å². The quantitative estimate of drug-likeness (QED) is 0.842. The van der Waals surface area contributed by atoms with Crippen LogP contribution in [0, 0.1) is 0 Å². The molecule has 0 radical (unpaired) electrons. The van der Waals surface area contributed by atoms with Gasteiger partial charge in [-0.15, -0.1) is 5.10 Å². The van der Waals surface area contributed by atoms with Crippen molar-refractivity contribution in [3.63, 3.8) is 0 Å². The van der Waals surface area contributed by atoms with Crippen molar-refractivity contribution in [1.29, 1.82) is 0 Å². The lowest BCUT2D eigenvalue weighted by Gasteiger charge is -2.13.